The molecule has 0 saturated carbocycles. The van der Waals surface area contributed by atoms with Gasteiger partial charge >= 0.3 is 0 Å². The van der Waals surface area contributed by atoms with Crippen LogP contribution in [-0.4, -0.2) is 31.2 Å². The van der Waals surface area contributed by atoms with Crippen LogP contribution in [0.2, 0.25) is 0 Å². The van der Waals surface area contributed by atoms with Crippen LogP contribution in [-0.2, 0) is 0 Å². The molecule has 11 nitrogen and oxygen atoms in total. The Hall–Kier alpha value is -4.10. The van der Waals surface area contributed by atoms with E-state index in [4.69, 9.17) is 0 Å². The summed E-state index contributed by atoms with van der Waals surface area (Å²) in [5.74, 6) is 0.563. The first-order valence-electron chi connectivity index (χ1n) is 9.94. The van der Waals surface area contributed by atoms with Crippen molar-refractivity contribution >= 4 is 73.0 Å². The van der Waals surface area contributed by atoms with Gasteiger partial charge in [-0.1, -0.05) is 34.1 Å². The normalized spacial score (nSPS) is 10.8. The van der Waals surface area contributed by atoms with Gasteiger partial charge in [-0.25, -0.2) is 5.43 Å². The number of phenolic OH excluding ortho intramolecular Hbond substituents is 1. The minimum Gasteiger partial charge on any atom is -0.506 e. The molecule has 0 aliphatic rings. The Labute approximate surface area is 215 Å². The van der Waals surface area contributed by atoms with Gasteiger partial charge in [-0.3, -0.25) is 10.1 Å². The van der Waals surface area contributed by atoms with Gasteiger partial charge in [-0.05, 0) is 52.3 Å². The number of nitro groups is 1. The molecular formula is C22H16Br2N8O3. The topological polar surface area (TPSA) is 150 Å². The Morgan fingerprint density at radius 3 is 2.11 bits per heavy atom. The number of anilines is 5. The zero-order valence-corrected chi connectivity index (χ0v) is 20.9. The number of hydrogen-bond acceptors (Lipinski definition) is 10. The van der Waals surface area contributed by atoms with E-state index in [1.54, 1.807) is 24.3 Å². The van der Waals surface area contributed by atoms with Crippen molar-refractivity contribution in [1.82, 2.24) is 15.0 Å². The second kappa shape index (κ2) is 10.9. The quantitative estimate of drug-likeness (QED) is 0.109. The number of non-ortho nitro benzene ring substituents is 1. The van der Waals surface area contributed by atoms with Crippen molar-refractivity contribution in [2.75, 3.05) is 16.1 Å². The molecule has 0 bridgehead atoms. The first kappa shape index (κ1) is 24.0. The molecule has 0 fully saturated rings. The van der Waals surface area contributed by atoms with Gasteiger partial charge in [0.2, 0.25) is 17.8 Å². The summed E-state index contributed by atoms with van der Waals surface area (Å²) in [6.07, 6.45) is 1.42. The average molecular weight is 600 g/mol. The minimum absolute atomic E-state index is 0.0290. The molecule has 1 aromatic heterocycles. The van der Waals surface area contributed by atoms with Crippen LogP contribution in [0, 0.1) is 10.1 Å². The van der Waals surface area contributed by atoms with Gasteiger partial charge in [0.15, 0.2) is 0 Å². The molecule has 4 aromatic rings. The maximum atomic E-state index is 10.9. The number of halogens is 2. The van der Waals surface area contributed by atoms with E-state index in [0.717, 1.165) is 10.2 Å². The van der Waals surface area contributed by atoms with Crippen molar-refractivity contribution in [1.29, 1.82) is 0 Å². The lowest BCUT2D eigenvalue weighted by Crippen LogP contribution is -2.07. The molecule has 0 aliphatic heterocycles. The Morgan fingerprint density at radius 1 is 0.886 bits per heavy atom. The van der Waals surface area contributed by atoms with Gasteiger partial charge in [0.25, 0.3) is 5.69 Å². The SMILES string of the molecule is O=[N+]([O-])c1ccc(Nc2nc(NN=Cc3cc(Br)cc(Br)c3O)nc(Nc3ccccc3)n2)cc1. The second-order valence-corrected chi connectivity index (χ2v) is 8.69. The summed E-state index contributed by atoms with van der Waals surface area (Å²) < 4.78 is 1.27. The Bertz CT molecular complexity index is 1390. The lowest BCUT2D eigenvalue weighted by atomic mass is 10.2. The first-order chi connectivity index (χ1) is 16.9. The fourth-order valence-electron chi connectivity index (χ4n) is 2.83. The summed E-state index contributed by atoms with van der Waals surface area (Å²) >= 11 is 6.65. The summed E-state index contributed by atoms with van der Waals surface area (Å²) in [7, 11) is 0. The largest absolute Gasteiger partial charge is 0.506 e. The molecule has 35 heavy (non-hydrogen) atoms. The average Bonchev–Trinajstić information content (AvgIpc) is 2.83. The van der Waals surface area contributed by atoms with Crippen LogP contribution in [0.25, 0.3) is 0 Å². The number of nitrogens with zero attached hydrogens (tertiary/aromatic N) is 5. The maximum absolute atomic E-state index is 10.9. The van der Waals surface area contributed by atoms with E-state index in [-0.39, 0.29) is 29.3 Å². The van der Waals surface area contributed by atoms with Crippen molar-refractivity contribution in [2.45, 2.75) is 0 Å². The highest BCUT2D eigenvalue weighted by atomic mass is 79.9. The van der Waals surface area contributed by atoms with Gasteiger partial charge in [0.1, 0.15) is 5.75 Å². The number of hydrazone groups is 1. The standard InChI is InChI=1S/C22H16Br2N8O3/c23-14-10-13(19(33)18(24)11-14)12-25-31-22-29-20(26-15-4-2-1-3-5-15)28-21(30-22)27-16-6-8-17(9-7-16)32(34)35/h1-12,33H,(H3,26,27,28,29,30,31). The number of aromatic nitrogens is 3. The van der Waals surface area contributed by atoms with Crippen molar-refractivity contribution in [2.24, 2.45) is 5.10 Å². The molecule has 0 radical (unpaired) electrons. The highest BCUT2D eigenvalue weighted by molar-refractivity contribution is 9.11. The molecule has 0 unspecified atom stereocenters. The van der Waals surface area contributed by atoms with E-state index < -0.39 is 4.92 Å². The third-order valence-corrected chi connectivity index (χ3v) is 5.49. The summed E-state index contributed by atoms with van der Waals surface area (Å²) in [6.45, 7) is 0. The van der Waals surface area contributed by atoms with Gasteiger partial charge in [0.05, 0.1) is 15.6 Å². The van der Waals surface area contributed by atoms with Gasteiger partial charge in [-0.2, -0.15) is 20.1 Å². The highest BCUT2D eigenvalue weighted by Gasteiger charge is 2.10. The molecule has 4 N–H and O–H groups in total. The zero-order valence-electron chi connectivity index (χ0n) is 17.7. The lowest BCUT2D eigenvalue weighted by Gasteiger charge is -2.10. The summed E-state index contributed by atoms with van der Waals surface area (Å²) in [5.41, 5.74) is 4.47. The van der Waals surface area contributed by atoms with Gasteiger partial charge < -0.3 is 15.7 Å². The molecule has 0 spiro atoms. The van der Waals surface area contributed by atoms with E-state index in [9.17, 15) is 15.2 Å². The monoisotopic (exact) mass is 598 g/mol. The molecule has 0 aliphatic carbocycles. The van der Waals surface area contributed by atoms with Gasteiger partial charge in [-0.15, -0.1) is 0 Å². The Kier molecular flexibility index (Phi) is 7.48. The molecule has 0 amide bonds. The van der Waals surface area contributed by atoms with Crippen LogP contribution in [0.3, 0.4) is 0 Å². The number of rotatable bonds is 8. The predicted octanol–water partition coefficient (Wildman–Crippen LogP) is 5.94. The van der Waals surface area contributed by atoms with E-state index >= 15 is 0 Å². The maximum Gasteiger partial charge on any atom is 0.269 e. The molecule has 3 aromatic carbocycles. The van der Waals surface area contributed by atoms with Crippen LogP contribution in [0.5, 0.6) is 5.75 Å². The van der Waals surface area contributed by atoms with E-state index in [1.165, 1.54) is 18.3 Å². The van der Waals surface area contributed by atoms with Crippen LogP contribution < -0.4 is 16.1 Å². The third-order valence-electron chi connectivity index (χ3n) is 4.43. The summed E-state index contributed by atoms with van der Waals surface area (Å²) in [4.78, 5) is 23.4. The van der Waals surface area contributed by atoms with Gasteiger partial charge in [0, 0.05) is 33.5 Å². The Morgan fingerprint density at radius 2 is 1.49 bits per heavy atom. The number of benzene rings is 3. The number of nitro benzene ring substituents is 1. The Balaban J connectivity index is 1.60. The molecular weight excluding hydrogens is 584 g/mol. The smallest absolute Gasteiger partial charge is 0.269 e. The highest BCUT2D eigenvalue weighted by Crippen LogP contribution is 2.30. The number of aromatic hydroxyl groups is 1. The zero-order chi connectivity index (χ0) is 24.8. The number of hydrogen-bond donors (Lipinski definition) is 4. The number of nitrogens with one attached hydrogen (secondary N) is 3. The molecule has 0 saturated heterocycles. The fraction of sp³-hybridized carbons (Fsp3) is 0. The third kappa shape index (κ3) is 6.49. The lowest BCUT2D eigenvalue weighted by molar-refractivity contribution is -0.384. The van der Waals surface area contributed by atoms with Crippen LogP contribution in [0.1, 0.15) is 5.56 Å². The van der Waals surface area contributed by atoms with E-state index in [1.807, 2.05) is 30.3 Å². The molecule has 1 heterocycles. The fourth-order valence-corrected chi connectivity index (χ4v) is 4.09. The number of para-hydroxylation sites is 1. The molecule has 0 atom stereocenters. The second-order valence-electron chi connectivity index (χ2n) is 6.92. The molecule has 4 rings (SSSR count). The van der Waals surface area contributed by atoms with Crippen molar-refractivity contribution in [3.63, 3.8) is 0 Å². The minimum atomic E-state index is -0.476. The van der Waals surface area contributed by atoms with Crippen LogP contribution in [0.4, 0.5) is 34.9 Å². The number of phenols is 1. The van der Waals surface area contributed by atoms with Crippen LogP contribution >= 0.6 is 31.9 Å². The van der Waals surface area contributed by atoms with Crippen molar-refractivity contribution in [3.05, 3.63) is 91.4 Å². The van der Waals surface area contributed by atoms with Crippen LogP contribution in [0.15, 0.2) is 80.8 Å². The van der Waals surface area contributed by atoms with E-state index in [0.29, 0.717) is 15.7 Å². The predicted molar refractivity (Wildman–Crippen MR) is 141 cm³/mol. The molecule has 13 heteroatoms. The van der Waals surface area contributed by atoms with Crippen molar-refractivity contribution in [3.8, 4) is 5.75 Å². The first-order valence-corrected chi connectivity index (χ1v) is 11.5. The van der Waals surface area contributed by atoms with E-state index in [2.05, 4.69) is 68.0 Å². The summed E-state index contributed by atoms with van der Waals surface area (Å²) in [6, 6.07) is 18.6. The van der Waals surface area contributed by atoms with Crippen molar-refractivity contribution < 1.29 is 10.0 Å². The summed E-state index contributed by atoms with van der Waals surface area (Å²) in [5, 5.41) is 31.3. The molecule has 176 valence electrons.